The lowest BCUT2D eigenvalue weighted by Gasteiger charge is -2.19. The summed E-state index contributed by atoms with van der Waals surface area (Å²) in [6, 6.07) is 17.7. The lowest BCUT2D eigenvalue weighted by Crippen LogP contribution is -2.39. The highest BCUT2D eigenvalue weighted by Crippen LogP contribution is 2.20. The lowest BCUT2D eigenvalue weighted by atomic mass is 10.2. The molecule has 1 heterocycles. The van der Waals surface area contributed by atoms with Gasteiger partial charge in [-0.1, -0.05) is 18.2 Å². The number of amides is 2. The molecule has 5 heteroatoms. The van der Waals surface area contributed by atoms with Crippen LogP contribution in [-0.4, -0.2) is 31.8 Å². The Kier molecular flexibility index (Phi) is 5.21. The van der Waals surface area contributed by atoms with Gasteiger partial charge in [-0.3, -0.25) is 0 Å². The number of nitrogens with one attached hydrogen (secondary N) is 2. The van der Waals surface area contributed by atoms with Gasteiger partial charge < -0.3 is 20.3 Å². The molecule has 0 aliphatic carbocycles. The maximum absolute atomic E-state index is 12.2. The van der Waals surface area contributed by atoms with Gasteiger partial charge in [0, 0.05) is 30.5 Å². The van der Waals surface area contributed by atoms with Crippen molar-refractivity contribution in [2.75, 3.05) is 29.9 Å². The van der Waals surface area contributed by atoms with E-state index >= 15 is 0 Å². The monoisotopic (exact) mass is 325 g/mol. The molecule has 5 nitrogen and oxygen atoms in total. The van der Waals surface area contributed by atoms with Crippen molar-refractivity contribution >= 4 is 17.4 Å². The van der Waals surface area contributed by atoms with Gasteiger partial charge in [-0.2, -0.15) is 0 Å². The van der Waals surface area contributed by atoms with Crippen LogP contribution in [0.1, 0.15) is 13.3 Å². The minimum Gasteiger partial charge on any atom is -0.494 e. The van der Waals surface area contributed by atoms with Crippen molar-refractivity contribution in [3.8, 4) is 5.75 Å². The van der Waals surface area contributed by atoms with Crippen LogP contribution in [0.2, 0.25) is 0 Å². The van der Waals surface area contributed by atoms with Crippen molar-refractivity contribution in [2.24, 2.45) is 0 Å². The second-order valence-electron chi connectivity index (χ2n) is 5.82. The Hall–Kier alpha value is -2.69. The number of hydrogen-bond acceptors (Lipinski definition) is 3. The first kappa shape index (κ1) is 16.2. The van der Waals surface area contributed by atoms with E-state index < -0.39 is 0 Å². The van der Waals surface area contributed by atoms with Crippen molar-refractivity contribution in [1.29, 1.82) is 0 Å². The molecule has 1 aliphatic rings. The van der Waals surface area contributed by atoms with E-state index in [-0.39, 0.29) is 12.1 Å². The number of urea groups is 1. The van der Waals surface area contributed by atoms with Gasteiger partial charge in [-0.15, -0.1) is 0 Å². The third-order valence-electron chi connectivity index (χ3n) is 4.07. The fourth-order valence-electron chi connectivity index (χ4n) is 2.91. The SMILES string of the molecule is CCOc1ccc(NC(=O)NC2CCN(c3ccccc3)C2)cc1. The Morgan fingerprint density at radius 1 is 1.17 bits per heavy atom. The maximum atomic E-state index is 12.2. The van der Waals surface area contributed by atoms with Crippen molar-refractivity contribution in [3.05, 3.63) is 54.6 Å². The highest BCUT2D eigenvalue weighted by Gasteiger charge is 2.23. The van der Waals surface area contributed by atoms with Crippen molar-refractivity contribution < 1.29 is 9.53 Å². The van der Waals surface area contributed by atoms with Gasteiger partial charge in [0.05, 0.1) is 6.61 Å². The Morgan fingerprint density at radius 3 is 2.62 bits per heavy atom. The molecule has 1 atom stereocenters. The third kappa shape index (κ3) is 4.19. The number of benzene rings is 2. The van der Waals surface area contributed by atoms with Crippen LogP contribution in [0.3, 0.4) is 0 Å². The molecule has 0 saturated carbocycles. The zero-order valence-corrected chi connectivity index (χ0v) is 13.9. The average Bonchev–Trinajstić information content (AvgIpc) is 3.06. The van der Waals surface area contributed by atoms with Crippen LogP contribution in [0.15, 0.2) is 54.6 Å². The number of rotatable bonds is 5. The molecule has 1 fully saturated rings. The molecule has 0 spiro atoms. The van der Waals surface area contributed by atoms with Crippen LogP contribution in [-0.2, 0) is 0 Å². The van der Waals surface area contributed by atoms with E-state index in [9.17, 15) is 4.79 Å². The van der Waals surface area contributed by atoms with E-state index in [0.717, 1.165) is 30.9 Å². The maximum Gasteiger partial charge on any atom is 0.319 e. The van der Waals surface area contributed by atoms with Crippen molar-refractivity contribution in [1.82, 2.24) is 5.32 Å². The summed E-state index contributed by atoms with van der Waals surface area (Å²) >= 11 is 0. The normalized spacial score (nSPS) is 16.7. The summed E-state index contributed by atoms with van der Waals surface area (Å²) in [7, 11) is 0. The summed E-state index contributed by atoms with van der Waals surface area (Å²) in [6.07, 6.45) is 0.950. The van der Waals surface area contributed by atoms with E-state index in [4.69, 9.17) is 4.74 Å². The standard InChI is InChI=1S/C19H23N3O2/c1-2-24-18-10-8-15(9-11-18)20-19(23)21-16-12-13-22(14-16)17-6-4-3-5-7-17/h3-11,16H,2,12-14H2,1H3,(H2,20,21,23). The molecule has 0 radical (unpaired) electrons. The molecule has 126 valence electrons. The molecule has 0 bridgehead atoms. The average molecular weight is 325 g/mol. The zero-order chi connectivity index (χ0) is 16.8. The topological polar surface area (TPSA) is 53.6 Å². The molecule has 3 rings (SSSR count). The summed E-state index contributed by atoms with van der Waals surface area (Å²) in [5.74, 6) is 0.803. The van der Waals surface area contributed by atoms with Crippen LogP contribution in [0.5, 0.6) is 5.75 Å². The summed E-state index contributed by atoms with van der Waals surface area (Å²) in [6.45, 7) is 4.37. The fraction of sp³-hybridized carbons (Fsp3) is 0.316. The van der Waals surface area contributed by atoms with Gasteiger partial charge in [-0.25, -0.2) is 4.79 Å². The third-order valence-corrected chi connectivity index (χ3v) is 4.07. The number of ether oxygens (including phenoxy) is 1. The second kappa shape index (κ2) is 7.73. The second-order valence-corrected chi connectivity index (χ2v) is 5.82. The summed E-state index contributed by atoms with van der Waals surface area (Å²) in [5.41, 5.74) is 1.96. The van der Waals surface area contributed by atoms with Gasteiger partial charge in [-0.05, 0) is 49.7 Å². The van der Waals surface area contributed by atoms with Crippen LogP contribution in [0.25, 0.3) is 0 Å². The molecule has 2 aromatic rings. The van der Waals surface area contributed by atoms with Crippen LogP contribution in [0, 0.1) is 0 Å². The molecule has 1 unspecified atom stereocenters. The number of carbonyl (C=O) groups excluding carboxylic acids is 1. The first-order valence-electron chi connectivity index (χ1n) is 8.35. The molecule has 0 aromatic heterocycles. The molecule has 2 aromatic carbocycles. The Bertz CT molecular complexity index is 658. The predicted molar refractivity (Wildman–Crippen MR) is 96.8 cm³/mol. The van der Waals surface area contributed by atoms with Gasteiger partial charge in [0.1, 0.15) is 5.75 Å². The van der Waals surface area contributed by atoms with E-state index in [2.05, 4.69) is 27.7 Å². The smallest absolute Gasteiger partial charge is 0.319 e. The molecule has 1 saturated heterocycles. The fourth-order valence-corrected chi connectivity index (χ4v) is 2.91. The van der Waals surface area contributed by atoms with Gasteiger partial charge >= 0.3 is 6.03 Å². The first-order chi connectivity index (χ1) is 11.7. The Morgan fingerprint density at radius 2 is 1.92 bits per heavy atom. The first-order valence-corrected chi connectivity index (χ1v) is 8.35. The summed E-state index contributed by atoms with van der Waals surface area (Å²) in [4.78, 5) is 14.4. The number of hydrogen-bond donors (Lipinski definition) is 2. The van der Waals surface area contributed by atoms with Crippen molar-refractivity contribution in [2.45, 2.75) is 19.4 Å². The number of nitrogens with zero attached hydrogens (tertiary/aromatic N) is 1. The highest BCUT2D eigenvalue weighted by atomic mass is 16.5. The summed E-state index contributed by atoms with van der Waals surface area (Å²) in [5, 5.41) is 5.91. The molecule has 24 heavy (non-hydrogen) atoms. The molecule has 2 N–H and O–H groups in total. The number of carbonyl (C=O) groups is 1. The quantitative estimate of drug-likeness (QED) is 0.885. The van der Waals surface area contributed by atoms with Crippen LogP contribution >= 0.6 is 0 Å². The van der Waals surface area contributed by atoms with E-state index in [0.29, 0.717) is 6.61 Å². The van der Waals surface area contributed by atoms with Gasteiger partial charge in [0.15, 0.2) is 0 Å². The minimum absolute atomic E-state index is 0.160. The molecular weight excluding hydrogens is 302 g/mol. The van der Waals surface area contributed by atoms with Gasteiger partial charge in [0.2, 0.25) is 0 Å². The van der Waals surface area contributed by atoms with Crippen LogP contribution < -0.4 is 20.3 Å². The van der Waals surface area contributed by atoms with E-state index in [1.54, 1.807) is 0 Å². The number of para-hydroxylation sites is 1. The lowest BCUT2D eigenvalue weighted by molar-refractivity contribution is 0.249. The predicted octanol–water partition coefficient (Wildman–Crippen LogP) is 3.49. The highest BCUT2D eigenvalue weighted by molar-refractivity contribution is 5.89. The minimum atomic E-state index is -0.168. The summed E-state index contributed by atoms with van der Waals surface area (Å²) < 4.78 is 5.39. The van der Waals surface area contributed by atoms with E-state index in [1.165, 1.54) is 5.69 Å². The largest absolute Gasteiger partial charge is 0.494 e. The van der Waals surface area contributed by atoms with Gasteiger partial charge in [0.25, 0.3) is 0 Å². The zero-order valence-electron chi connectivity index (χ0n) is 13.9. The molecule has 1 aliphatic heterocycles. The Balaban J connectivity index is 1.49. The molecular formula is C19H23N3O2. The van der Waals surface area contributed by atoms with Crippen molar-refractivity contribution in [3.63, 3.8) is 0 Å². The van der Waals surface area contributed by atoms with E-state index in [1.807, 2.05) is 49.4 Å². The number of anilines is 2. The Labute approximate surface area is 142 Å². The molecule has 2 amide bonds. The van der Waals surface area contributed by atoms with Crippen LogP contribution in [0.4, 0.5) is 16.2 Å².